The van der Waals surface area contributed by atoms with Gasteiger partial charge in [0.1, 0.15) is 0 Å². The highest BCUT2D eigenvalue weighted by molar-refractivity contribution is 6.29. The van der Waals surface area contributed by atoms with Crippen LogP contribution in [0.4, 0.5) is 0 Å². The zero-order valence-electron chi connectivity index (χ0n) is 38.4. The summed E-state index contributed by atoms with van der Waals surface area (Å²) in [6.07, 6.45) is 0. The molecule has 0 unspecified atom stereocenters. The minimum Gasteiger partial charge on any atom is -0.309 e. The van der Waals surface area contributed by atoms with Crippen molar-refractivity contribution in [2.75, 3.05) is 0 Å². The minimum atomic E-state index is 1.12. The summed E-state index contributed by atoms with van der Waals surface area (Å²) in [6.45, 7) is 0. The Kier molecular flexibility index (Phi) is 7.82. The number of benzene rings is 11. The third kappa shape index (κ3) is 5.29. The van der Waals surface area contributed by atoms with E-state index in [1.807, 2.05) is 0 Å². The highest BCUT2D eigenvalue weighted by Crippen LogP contribution is 2.44. The summed E-state index contributed by atoms with van der Waals surface area (Å²) in [7, 11) is 0. The van der Waals surface area contributed by atoms with Crippen LogP contribution >= 0.6 is 0 Å². The Labute approximate surface area is 407 Å². The van der Waals surface area contributed by atoms with Crippen molar-refractivity contribution in [1.82, 2.24) is 22.8 Å². The quantitative estimate of drug-likeness (QED) is 0.164. The number of rotatable bonds is 5. The Hall–Kier alpha value is -9.58. The van der Waals surface area contributed by atoms with Crippen molar-refractivity contribution in [2.45, 2.75) is 0 Å². The van der Waals surface area contributed by atoms with Gasteiger partial charge in [-0.1, -0.05) is 133 Å². The van der Waals surface area contributed by atoms with Crippen LogP contribution in [-0.4, -0.2) is 22.8 Å². The highest BCUT2D eigenvalue weighted by atomic mass is 15.0. The summed E-state index contributed by atoms with van der Waals surface area (Å²) in [6, 6.07) is 91.4. The third-order valence-electron chi connectivity index (χ3n) is 15.2. The number of fused-ring (bicyclic) bond motifs is 16. The van der Waals surface area contributed by atoms with E-state index in [2.05, 4.69) is 272 Å². The van der Waals surface area contributed by atoms with E-state index in [-0.39, 0.29) is 0 Å². The van der Waals surface area contributed by atoms with E-state index in [0.29, 0.717) is 0 Å². The Morgan fingerprint density at radius 1 is 0.155 bits per heavy atom. The molecule has 5 heteroatoms. The van der Waals surface area contributed by atoms with E-state index < -0.39 is 0 Å². The molecule has 11 aromatic carbocycles. The topological polar surface area (TPSA) is 24.6 Å². The molecule has 0 radical (unpaired) electrons. The van der Waals surface area contributed by atoms with Crippen LogP contribution in [0.3, 0.4) is 0 Å². The number of nitrogens with zero attached hydrogens (tertiary/aromatic N) is 5. The Morgan fingerprint density at radius 3 is 0.887 bits per heavy atom. The highest BCUT2D eigenvalue weighted by Gasteiger charge is 2.23. The van der Waals surface area contributed by atoms with Gasteiger partial charge in [-0.25, -0.2) is 0 Å². The van der Waals surface area contributed by atoms with Gasteiger partial charge in [-0.2, -0.15) is 0 Å². The third-order valence-corrected chi connectivity index (χ3v) is 15.2. The summed E-state index contributed by atoms with van der Waals surface area (Å²) in [5.41, 5.74) is 17.6. The van der Waals surface area contributed by atoms with Gasteiger partial charge in [0.2, 0.25) is 0 Å². The molecule has 0 amide bonds. The maximum absolute atomic E-state index is 2.46. The fourth-order valence-corrected chi connectivity index (χ4v) is 12.4. The SMILES string of the molecule is c1ccc(-n2c3ccccc3c3cc4c5ccccc5n(-c5ccc(-n6c7ccccc7c7c8c9ccccc9n(-c9cccc(-n%10c%11ccccc%11c%11ccccc%11%10)c9)c8ccc76)cc5)c4cc32)cc1. The Balaban J connectivity index is 0.883. The Morgan fingerprint density at radius 2 is 0.451 bits per heavy atom. The average molecular weight is 904 g/mol. The second kappa shape index (κ2) is 14.5. The van der Waals surface area contributed by atoms with Gasteiger partial charge in [0.15, 0.2) is 0 Å². The molecule has 5 aromatic heterocycles. The number of aromatic nitrogens is 5. The maximum Gasteiger partial charge on any atom is 0.0562 e. The fraction of sp³-hybridized carbons (Fsp3) is 0. The van der Waals surface area contributed by atoms with Crippen molar-refractivity contribution in [2.24, 2.45) is 0 Å². The monoisotopic (exact) mass is 903 g/mol. The largest absolute Gasteiger partial charge is 0.309 e. The molecule has 0 aliphatic carbocycles. The summed E-state index contributed by atoms with van der Waals surface area (Å²) < 4.78 is 12.2. The molecular formula is C66H41N5. The molecule has 0 aliphatic heterocycles. The molecule has 0 fully saturated rings. The molecule has 0 saturated heterocycles. The first-order valence-electron chi connectivity index (χ1n) is 24.4. The van der Waals surface area contributed by atoms with Crippen molar-refractivity contribution in [3.05, 3.63) is 249 Å². The van der Waals surface area contributed by atoms with Crippen molar-refractivity contribution >= 4 is 109 Å². The fourth-order valence-electron chi connectivity index (χ4n) is 12.4. The van der Waals surface area contributed by atoms with Crippen LogP contribution in [0.25, 0.3) is 137 Å². The lowest BCUT2D eigenvalue weighted by atomic mass is 10.1. The molecule has 0 bridgehead atoms. The zero-order chi connectivity index (χ0) is 46.3. The van der Waals surface area contributed by atoms with Crippen LogP contribution in [0.5, 0.6) is 0 Å². The lowest BCUT2D eigenvalue weighted by Crippen LogP contribution is -1.99. The van der Waals surface area contributed by atoms with Crippen LogP contribution in [0.15, 0.2) is 249 Å². The molecule has 0 atom stereocenters. The summed E-state index contributed by atoms with van der Waals surface area (Å²) in [4.78, 5) is 0. The standard InChI is InChI=1S/C66H41N5/c1-2-17-42(18-3-1)68-57-29-12-6-23-49(57)53-40-54-50-24-7-13-30-58(50)69(64(54)41-63(53)68)44-35-33-43(34-36-44)67-59-31-14-8-25-51(59)65-61(67)37-38-62-66(65)52-26-9-15-32-60(52)71(62)46-20-16-19-45(39-46)70-55-27-10-4-21-47(55)48-22-5-11-28-56(48)70/h1-41H. The van der Waals surface area contributed by atoms with E-state index in [0.717, 1.165) is 28.4 Å². The predicted octanol–water partition coefficient (Wildman–Crippen LogP) is 17.2. The van der Waals surface area contributed by atoms with Gasteiger partial charge in [0, 0.05) is 82.3 Å². The summed E-state index contributed by atoms with van der Waals surface area (Å²) in [5.74, 6) is 0. The molecule has 0 saturated carbocycles. The van der Waals surface area contributed by atoms with Crippen molar-refractivity contribution < 1.29 is 0 Å². The predicted molar refractivity (Wildman–Crippen MR) is 298 cm³/mol. The molecule has 5 nitrogen and oxygen atoms in total. The van der Waals surface area contributed by atoms with E-state index in [1.165, 1.54) is 109 Å². The zero-order valence-corrected chi connectivity index (χ0v) is 38.4. The molecule has 0 spiro atoms. The van der Waals surface area contributed by atoms with Gasteiger partial charge in [0.25, 0.3) is 0 Å². The molecule has 0 aliphatic rings. The number of hydrogen-bond acceptors (Lipinski definition) is 0. The number of hydrogen-bond donors (Lipinski definition) is 0. The van der Waals surface area contributed by atoms with Gasteiger partial charge in [-0.3, -0.25) is 0 Å². The minimum absolute atomic E-state index is 1.12. The first kappa shape index (κ1) is 38.4. The smallest absolute Gasteiger partial charge is 0.0562 e. The molecular weight excluding hydrogens is 863 g/mol. The van der Waals surface area contributed by atoms with Gasteiger partial charge in [-0.05, 0) is 115 Å². The van der Waals surface area contributed by atoms with Gasteiger partial charge >= 0.3 is 0 Å². The molecule has 5 heterocycles. The lowest BCUT2D eigenvalue weighted by molar-refractivity contribution is 1.13. The lowest BCUT2D eigenvalue weighted by Gasteiger charge is -2.13. The molecule has 16 aromatic rings. The summed E-state index contributed by atoms with van der Waals surface area (Å²) in [5, 5.41) is 12.5. The maximum atomic E-state index is 2.46. The first-order chi connectivity index (χ1) is 35.3. The molecule has 71 heavy (non-hydrogen) atoms. The van der Waals surface area contributed by atoms with Crippen LogP contribution in [0, 0.1) is 0 Å². The second-order valence-electron chi connectivity index (χ2n) is 18.9. The summed E-state index contributed by atoms with van der Waals surface area (Å²) >= 11 is 0. The van der Waals surface area contributed by atoms with Gasteiger partial charge in [-0.15, -0.1) is 0 Å². The molecule has 0 N–H and O–H groups in total. The van der Waals surface area contributed by atoms with Crippen LogP contribution in [0.2, 0.25) is 0 Å². The molecule has 16 rings (SSSR count). The van der Waals surface area contributed by atoms with Gasteiger partial charge < -0.3 is 22.8 Å². The average Bonchev–Trinajstić information content (AvgIpc) is 4.22. The van der Waals surface area contributed by atoms with Gasteiger partial charge in [0.05, 0.1) is 55.2 Å². The van der Waals surface area contributed by atoms with Crippen molar-refractivity contribution in [1.29, 1.82) is 0 Å². The van der Waals surface area contributed by atoms with E-state index in [9.17, 15) is 0 Å². The Bertz CT molecular complexity index is 4810. The van der Waals surface area contributed by atoms with E-state index in [4.69, 9.17) is 0 Å². The van der Waals surface area contributed by atoms with E-state index in [1.54, 1.807) is 0 Å². The van der Waals surface area contributed by atoms with E-state index >= 15 is 0 Å². The van der Waals surface area contributed by atoms with Crippen LogP contribution in [0.1, 0.15) is 0 Å². The second-order valence-corrected chi connectivity index (χ2v) is 18.9. The van der Waals surface area contributed by atoms with Crippen LogP contribution < -0.4 is 0 Å². The first-order valence-corrected chi connectivity index (χ1v) is 24.4. The molecule has 330 valence electrons. The van der Waals surface area contributed by atoms with Crippen LogP contribution in [-0.2, 0) is 0 Å². The number of para-hydroxylation sites is 7. The van der Waals surface area contributed by atoms with Crippen molar-refractivity contribution in [3.63, 3.8) is 0 Å². The van der Waals surface area contributed by atoms with Crippen molar-refractivity contribution in [3.8, 4) is 28.4 Å². The normalized spacial score (nSPS) is 12.2.